The van der Waals surface area contributed by atoms with Crippen molar-refractivity contribution in [3.63, 3.8) is 0 Å². The Labute approximate surface area is 88.7 Å². The topological polar surface area (TPSA) is 12.0 Å². The number of rotatable bonds is 1. The highest BCUT2D eigenvalue weighted by atomic mass is 14.9. The van der Waals surface area contributed by atoms with Gasteiger partial charge in [0.1, 0.15) is 0 Å². The summed E-state index contributed by atoms with van der Waals surface area (Å²) in [4.78, 5) is 0. The van der Waals surface area contributed by atoms with Crippen molar-refractivity contribution in [2.45, 2.75) is 52.4 Å². The maximum Gasteiger partial charge on any atom is 0.00110 e. The molecular weight excluding hydrogens is 170 g/mol. The van der Waals surface area contributed by atoms with Crippen LogP contribution in [0.15, 0.2) is 0 Å². The minimum Gasteiger partial charge on any atom is -0.316 e. The van der Waals surface area contributed by atoms with Crippen molar-refractivity contribution in [3.05, 3.63) is 0 Å². The van der Waals surface area contributed by atoms with Crippen molar-refractivity contribution < 1.29 is 0 Å². The second-order valence-electron chi connectivity index (χ2n) is 5.60. The van der Waals surface area contributed by atoms with Gasteiger partial charge >= 0.3 is 0 Å². The molecule has 14 heavy (non-hydrogen) atoms. The Morgan fingerprint density at radius 2 is 2.14 bits per heavy atom. The molecule has 0 aromatic heterocycles. The third-order valence-corrected chi connectivity index (χ3v) is 4.89. The summed E-state index contributed by atoms with van der Waals surface area (Å²) in [6, 6.07) is 0. The molecule has 0 radical (unpaired) electrons. The van der Waals surface area contributed by atoms with E-state index in [9.17, 15) is 0 Å². The fourth-order valence-corrected chi connectivity index (χ4v) is 3.51. The van der Waals surface area contributed by atoms with Gasteiger partial charge in [-0.25, -0.2) is 0 Å². The van der Waals surface area contributed by atoms with Gasteiger partial charge < -0.3 is 5.32 Å². The van der Waals surface area contributed by atoms with Gasteiger partial charge in [0.05, 0.1) is 0 Å². The van der Waals surface area contributed by atoms with E-state index >= 15 is 0 Å². The summed E-state index contributed by atoms with van der Waals surface area (Å²) in [7, 11) is 0. The van der Waals surface area contributed by atoms with Crippen LogP contribution in [0, 0.1) is 17.3 Å². The molecule has 0 amide bonds. The van der Waals surface area contributed by atoms with E-state index in [1.165, 1.54) is 51.6 Å². The standard InChI is InChI=1S/C13H25N/c1-3-12-5-4-7-13(8-6-12)10-14-9-11(13)2/h11-12,14H,3-10H2,1-2H3. The van der Waals surface area contributed by atoms with E-state index in [0.29, 0.717) is 5.41 Å². The minimum atomic E-state index is 0.684. The maximum atomic E-state index is 3.59. The van der Waals surface area contributed by atoms with Crippen molar-refractivity contribution >= 4 is 0 Å². The number of hydrogen-bond acceptors (Lipinski definition) is 1. The van der Waals surface area contributed by atoms with Gasteiger partial charge in [0.15, 0.2) is 0 Å². The molecule has 1 spiro atoms. The third kappa shape index (κ3) is 1.84. The fraction of sp³-hybridized carbons (Fsp3) is 1.00. The maximum absolute atomic E-state index is 3.59. The second-order valence-corrected chi connectivity index (χ2v) is 5.60. The van der Waals surface area contributed by atoms with E-state index in [2.05, 4.69) is 19.2 Å². The zero-order valence-corrected chi connectivity index (χ0v) is 9.81. The predicted octanol–water partition coefficient (Wildman–Crippen LogP) is 3.20. The number of hydrogen-bond donors (Lipinski definition) is 1. The average molecular weight is 195 g/mol. The molecule has 3 unspecified atom stereocenters. The summed E-state index contributed by atoms with van der Waals surface area (Å²) >= 11 is 0. The van der Waals surface area contributed by atoms with Crippen molar-refractivity contribution in [2.75, 3.05) is 13.1 Å². The molecule has 0 aromatic rings. The lowest BCUT2D eigenvalue weighted by molar-refractivity contribution is 0.202. The Morgan fingerprint density at radius 1 is 1.29 bits per heavy atom. The van der Waals surface area contributed by atoms with E-state index in [0.717, 1.165) is 11.8 Å². The minimum absolute atomic E-state index is 0.684. The Bertz CT molecular complexity index is 190. The number of nitrogens with one attached hydrogen (secondary N) is 1. The first kappa shape index (κ1) is 10.5. The molecule has 1 heteroatoms. The Balaban J connectivity index is 2.00. The quantitative estimate of drug-likeness (QED) is 0.677. The highest BCUT2D eigenvalue weighted by molar-refractivity contribution is 4.94. The first-order chi connectivity index (χ1) is 6.77. The molecule has 2 rings (SSSR count). The SMILES string of the molecule is CCC1CCCC2(CC1)CNCC2C. The van der Waals surface area contributed by atoms with Crippen molar-refractivity contribution in [1.29, 1.82) is 0 Å². The van der Waals surface area contributed by atoms with Gasteiger partial charge in [-0.05, 0) is 43.1 Å². The van der Waals surface area contributed by atoms with Crippen LogP contribution < -0.4 is 5.32 Å². The Hall–Kier alpha value is -0.0400. The van der Waals surface area contributed by atoms with E-state index in [4.69, 9.17) is 0 Å². The van der Waals surface area contributed by atoms with Crippen molar-refractivity contribution in [2.24, 2.45) is 17.3 Å². The molecule has 2 aliphatic rings. The third-order valence-electron chi connectivity index (χ3n) is 4.89. The summed E-state index contributed by atoms with van der Waals surface area (Å²) < 4.78 is 0. The largest absolute Gasteiger partial charge is 0.316 e. The Morgan fingerprint density at radius 3 is 2.79 bits per heavy atom. The molecule has 0 bridgehead atoms. The molecule has 1 aliphatic carbocycles. The molecule has 3 atom stereocenters. The van der Waals surface area contributed by atoms with Crippen LogP contribution in [0.5, 0.6) is 0 Å². The molecule has 1 nitrogen and oxygen atoms in total. The molecular formula is C13H25N. The van der Waals surface area contributed by atoms with Gasteiger partial charge in [0, 0.05) is 6.54 Å². The molecule has 0 aromatic carbocycles. The molecule has 1 N–H and O–H groups in total. The van der Waals surface area contributed by atoms with Gasteiger partial charge in [0.25, 0.3) is 0 Å². The molecule has 1 saturated heterocycles. The van der Waals surface area contributed by atoms with Gasteiger partial charge in [-0.2, -0.15) is 0 Å². The van der Waals surface area contributed by atoms with Crippen LogP contribution in [-0.2, 0) is 0 Å². The summed E-state index contributed by atoms with van der Waals surface area (Å²) in [5, 5.41) is 3.59. The summed E-state index contributed by atoms with van der Waals surface area (Å²) in [6.45, 7) is 7.37. The lowest BCUT2D eigenvalue weighted by atomic mass is 9.73. The Kier molecular flexibility index (Phi) is 3.16. The highest BCUT2D eigenvalue weighted by Crippen LogP contribution is 2.45. The predicted molar refractivity (Wildman–Crippen MR) is 61.3 cm³/mol. The van der Waals surface area contributed by atoms with E-state index in [-0.39, 0.29) is 0 Å². The van der Waals surface area contributed by atoms with E-state index < -0.39 is 0 Å². The zero-order chi connectivity index (χ0) is 10.0. The van der Waals surface area contributed by atoms with Gasteiger partial charge in [-0.3, -0.25) is 0 Å². The first-order valence-corrected chi connectivity index (χ1v) is 6.47. The summed E-state index contributed by atoms with van der Waals surface area (Å²) in [6.07, 6.45) is 8.83. The lowest BCUT2D eigenvalue weighted by Gasteiger charge is -2.31. The fourth-order valence-electron chi connectivity index (χ4n) is 3.51. The first-order valence-electron chi connectivity index (χ1n) is 6.47. The smallest absolute Gasteiger partial charge is 0.00110 e. The highest BCUT2D eigenvalue weighted by Gasteiger charge is 2.40. The average Bonchev–Trinajstić information content (AvgIpc) is 2.44. The summed E-state index contributed by atoms with van der Waals surface area (Å²) in [5.41, 5.74) is 0.684. The summed E-state index contributed by atoms with van der Waals surface area (Å²) in [5.74, 6) is 1.94. The van der Waals surface area contributed by atoms with Crippen LogP contribution in [0.4, 0.5) is 0 Å². The van der Waals surface area contributed by atoms with E-state index in [1.807, 2.05) is 0 Å². The molecule has 1 heterocycles. The monoisotopic (exact) mass is 195 g/mol. The zero-order valence-electron chi connectivity index (χ0n) is 9.81. The van der Waals surface area contributed by atoms with Crippen molar-refractivity contribution in [1.82, 2.24) is 5.32 Å². The van der Waals surface area contributed by atoms with Gasteiger partial charge in [0.2, 0.25) is 0 Å². The molecule has 1 saturated carbocycles. The van der Waals surface area contributed by atoms with Crippen LogP contribution in [0.25, 0.3) is 0 Å². The van der Waals surface area contributed by atoms with Gasteiger partial charge in [-0.15, -0.1) is 0 Å². The molecule has 2 fully saturated rings. The molecule has 82 valence electrons. The van der Waals surface area contributed by atoms with Crippen LogP contribution in [0.3, 0.4) is 0 Å². The van der Waals surface area contributed by atoms with Crippen LogP contribution in [-0.4, -0.2) is 13.1 Å². The van der Waals surface area contributed by atoms with E-state index in [1.54, 1.807) is 0 Å². The molecule has 1 aliphatic heterocycles. The van der Waals surface area contributed by atoms with Crippen LogP contribution in [0.2, 0.25) is 0 Å². The van der Waals surface area contributed by atoms with Gasteiger partial charge in [-0.1, -0.05) is 33.1 Å². The van der Waals surface area contributed by atoms with Crippen molar-refractivity contribution in [3.8, 4) is 0 Å². The van der Waals surface area contributed by atoms with Crippen LogP contribution in [0.1, 0.15) is 52.4 Å². The van der Waals surface area contributed by atoms with Crippen LogP contribution >= 0.6 is 0 Å². The lowest BCUT2D eigenvalue weighted by Crippen LogP contribution is -2.28. The second kappa shape index (κ2) is 4.22. The normalized spacial score (nSPS) is 44.1.